The van der Waals surface area contributed by atoms with Gasteiger partial charge in [0, 0.05) is 16.6 Å². The molecule has 3 aromatic rings. The van der Waals surface area contributed by atoms with Crippen LogP contribution in [-0.2, 0) is 21.4 Å². The topological polar surface area (TPSA) is 58.6 Å². The second-order valence-corrected chi connectivity index (χ2v) is 10.6. The van der Waals surface area contributed by atoms with E-state index in [0.717, 1.165) is 16.7 Å². The fourth-order valence-corrected chi connectivity index (χ4v) is 4.09. The molecule has 0 fully saturated rings. The summed E-state index contributed by atoms with van der Waals surface area (Å²) in [7, 11) is 0. The second kappa shape index (κ2) is 10.8. The van der Waals surface area contributed by atoms with E-state index in [9.17, 15) is 9.59 Å². The molecule has 4 rings (SSSR count). The number of hydrogen-bond donors (Lipinski definition) is 1. The van der Waals surface area contributed by atoms with Crippen molar-refractivity contribution in [3.05, 3.63) is 99.2 Å². The maximum Gasteiger partial charge on any atom is 0.294 e. The molecule has 0 saturated carbocycles. The number of rotatable bonds is 6. The van der Waals surface area contributed by atoms with Crippen LogP contribution in [0.2, 0.25) is 10.0 Å². The van der Waals surface area contributed by atoms with Gasteiger partial charge in [-0.2, -0.15) is 0 Å². The van der Waals surface area contributed by atoms with Gasteiger partial charge in [-0.3, -0.25) is 14.5 Å². The molecule has 0 saturated heterocycles. The Hall–Kier alpha value is -3.28. The summed E-state index contributed by atoms with van der Waals surface area (Å²) in [6, 6.07) is 20.4. The highest BCUT2D eigenvalue weighted by atomic mass is 35.5. The maximum atomic E-state index is 13.5. The Kier molecular flexibility index (Phi) is 7.72. The van der Waals surface area contributed by atoms with E-state index in [0.29, 0.717) is 34.4 Å². The fourth-order valence-electron chi connectivity index (χ4n) is 3.84. The minimum Gasteiger partial charge on any atom is -0.449 e. The predicted molar refractivity (Wildman–Crippen MR) is 146 cm³/mol. The Labute approximate surface area is 221 Å². The minimum absolute atomic E-state index is 0.124. The molecule has 36 heavy (non-hydrogen) atoms. The highest BCUT2D eigenvalue weighted by Gasteiger charge is 2.33. The molecule has 1 heterocycles. The third kappa shape index (κ3) is 6.28. The van der Waals surface area contributed by atoms with Crippen molar-refractivity contribution < 1.29 is 14.3 Å². The van der Waals surface area contributed by atoms with Crippen molar-refractivity contribution in [2.24, 2.45) is 0 Å². The van der Waals surface area contributed by atoms with Gasteiger partial charge in [-0.05, 0) is 71.0 Å². The summed E-state index contributed by atoms with van der Waals surface area (Å²) in [6.07, 6.45) is 2.32. The Morgan fingerprint density at radius 3 is 2.25 bits per heavy atom. The third-order valence-electron chi connectivity index (χ3n) is 5.91. The highest BCUT2D eigenvalue weighted by Crippen LogP contribution is 2.39. The highest BCUT2D eigenvalue weighted by molar-refractivity contribution is 6.30. The van der Waals surface area contributed by atoms with Crippen molar-refractivity contribution >= 4 is 46.8 Å². The lowest BCUT2D eigenvalue weighted by atomic mass is 9.86. The van der Waals surface area contributed by atoms with Crippen molar-refractivity contribution in [2.45, 2.75) is 32.6 Å². The number of anilines is 1. The summed E-state index contributed by atoms with van der Waals surface area (Å²) in [5.41, 5.74) is 3.31. The summed E-state index contributed by atoms with van der Waals surface area (Å²) in [5, 5.41) is 4.19. The first-order chi connectivity index (χ1) is 17.1. The zero-order valence-electron chi connectivity index (χ0n) is 20.5. The molecule has 1 aliphatic heterocycles. The Morgan fingerprint density at radius 1 is 0.972 bits per heavy atom. The molecule has 0 bridgehead atoms. The van der Waals surface area contributed by atoms with Crippen molar-refractivity contribution in [1.29, 1.82) is 0 Å². The van der Waals surface area contributed by atoms with E-state index < -0.39 is 0 Å². The molecule has 3 aromatic carbocycles. The van der Waals surface area contributed by atoms with Crippen LogP contribution in [0.3, 0.4) is 0 Å². The standard InChI is InChI=1S/C29H28Cl2N2O3/c1-29(2,3)21-8-13-25-24(17-21)33(18-27(34)32-15-14-19-4-9-22(30)10-5-19)28(35)26(36-25)16-20-6-11-23(31)12-7-20/h4-13,16-17H,14-15,18H2,1-3H3,(H,32,34). The number of benzene rings is 3. The molecule has 0 unspecified atom stereocenters. The monoisotopic (exact) mass is 522 g/mol. The molecule has 7 heteroatoms. The second-order valence-electron chi connectivity index (χ2n) is 9.71. The zero-order chi connectivity index (χ0) is 25.9. The summed E-state index contributed by atoms with van der Waals surface area (Å²) < 4.78 is 6.00. The molecular weight excluding hydrogens is 495 g/mol. The van der Waals surface area contributed by atoms with Gasteiger partial charge in [0.05, 0.1) is 5.69 Å². The molecule has 0 aliphatic carbocycles. The smallest absolute Gasteiger partial charge is 0.294 e. The van der Waals surface area contributed by atoms with Gasteiger partial charge in [0.15, 0.2) is 11.5 Å². The Balaban J connectivity index is 1.57. The Morgan fingerprint density at radius 2 is 1.61 bits per heavy atom. The largest absolute Gasteiger partial charge is 0.449 e. The van der Waals surface area contributed by atoms with E-state index in [1.807, 2.05) is 42.5 Å². The fraction of sp³-hybridized carbons (Fsp3) is 0.241. The molecule has 186 valence electrons. The molecule has 0 aromatic heterocycles. The van der Waals surface area contributed by atoms with Gasteiger partial charge < -0.3 is 10.1 Å². The zero-order valence-corrected chi connectivity index (χ0v) is 22.0. The third-order valence-corrected chi connectivity index (χ3v) is 6.41. The Bertz CT molecular complexity index is 1290. The summed E-state index contributed by atoms with van der Waals surface area (Å²) >= 11 is 11.9. The minimum atomic E-state index is -0.378. The summed E-state index contributed by atoms with van der Waals surface area (Å²) in [5.74, 6) is 0.0348. The van der Waals surface area contributed by atoms with Crippen molar-refractivity contribution in [3.63, 3.8) is 0 Å². The molecular formula is C29H28Cl2N2O3. The number of amides is 2. The molecule has 2 amide bonds. The normalized spacial score (nSPS) is 14.4. The van der Waals surface area contributed by atoms with Crippen LogP contribution in [0.4, 0.5) is 5.69 Å². The van der Waals surface area contributed by atoms with Gasteiger partial charge >= 0.3 is 0 Å². The lowest BCUT2D eigenvalue weighted by molar-refractivity contribution is -0.123. The first kappa shape index (κ1) is 25.8. The van der Waals surface area contributed by atoms with Crippen LogP contribution in [0.25, 0.3) is 6.08 Å². The average Bonchev–Trinajstić information content (AvgIpc) is 2.83. The number of fused-ring (bicyclic) bond motifs is 1. The maximum absolute atomic E-state index is 13.5. The number of hydrogen-bond acceptors (Lipinski definition) is 3. The number of ether oxygens (including phenoxy) is 1. The van der Waals surface area contributed by atoms with Gasteiger partial charge in [-0.25, -0.2) is 0 Å². The SMILES string of the molecule is CC(C)(C)c1ccc2c(c1)N(CC(=O)NCCc1ccc(Cl)cc1)C(=O)C(=Cc1ccc(Cl)cc1)O2. The number of halogens is 2. The van der Waals surface area contributed by atoms with Crippen LogP contribution in [-0.4, -0.2) is 24.9 Å². The van der Waals surface area contributed by atoms with E-state index in [2.05, 4.69) is 26.1 Å². The average molecular weight is 523 g/mol. The molecule has 5 nitrogen and oxygen atoms in total. The molecule has 1 aliphatic rings. The van der Waals surface area contributed by atoms with E-state index in [1.54, 1.807) is 30.3 Å². The van der Waals surface area contributed by atoms with Crippen LogP contribution in [0, 0.1) is 0 Å². The van der Waals surface area contributed by atoms with E-state index in [4.69, 9.17) is 27.9 Å². The first-order valence-electron chi connectivity index (χ1n) is 11.7. The molecule has 1 N–H and O–H groups in total. The van der Waals surface area contributed by atoms with Crippen LogP contribution in [0.5, 0.6) is 5.75 Å². The summed E-state index contributed by atoms with van der Waals surface area (Å²) in [6.45, 7) is 6.61. The summed E-state index contributed by atoms with van der Waals surface area (Å²) in [4.78, 5) is 27.9. The van der Waals surface area contributed by atoms with Gasteiger partial charge in [0.25, 0.3) is 5.91 Å². The predicted octanol–water partition coefficient (Wildman–Crippen LogP) is 6.42. The molecule has 0 radical (unpaired) electrons. The van der Waals surface area contributed by atoms with Gasteiger partial charge in [0.2, 0.25) is 5.91 Å². The van der Waals surface area contributed by atoms with Crippen molar-refractivity contribution in [1.82, 2.24) is 5.32 Å². The molecule has 0 spiro atoms. The van der Waals surface area contributed by atoms with Gasteiger partial charge in [-0.1, -0.05) is 74.3 Å². The number of nitrogens with one attached hydrogen (secondary N) is 1. The van der Waals surface area contributed by atoms with Gasteiger partial charge in [-0.15, -0.1) is 0 Å². The van der Waals surface area contributed by atoms with Crippen LogP contribution in [0.15, 0.2) is 72.5 Å². The lowest BCUT2D eigenvalue weighted by Gasteiger charge is -2.32. The quantitative estimate of drug-likeness (QED) is 0.380. The lowest BCUT2D eigenvalue weighted by Crippen LogP contribution is -2.44. The number of nitrogens with zero attached hydrogens (tertiary/aromatic N) is 1. The number of carbonyl (C=O) groups excluding carboxylic acids is 2. The van der Waals surface area contributed by atoms with E-state index in [1.165, 1.54) is 4.90 Å². The van der Waals surface area contributed by atoms with Crippen LogP contribution < -0.4 is 15.0 Å². The van der Waals surface area contributed by atoms with E-state index in [-0.39, 0.29) is 29.5 Å². The number of carbonyl (C=O) groups is 2. The first-order valence-corrected chi connectivity index (χ1v) is 12.5. The van der Waals surface area contributed by atoms with Crippen LogP contribution >= 0.6 is 23.2 Å². The van der Waals surface area contributed by atoms with Crippen molar-refractivity contribution in [2.75, 3.05) is 18.0 Å². The molecule has 0 atom stereocenters. The van der Waals surface area contributed by atoms with E-state index >= 15 is 0 Å². The van der Waals surface area contributed by atoms with Gasteiger partial charge in [0.1, 0.15) is 6.54 Å². The van der Waals surface area contributed by atoms with Crippen molar-refractivity contribution in [3.8, 4) is 5.75 Å². The van der Waals surface area contributed by atoms with Crippen LogP contribution in [0.1, 0.15) is 37.5 Å².